The van der Waals surface area contributed by atoms with E-state index in [1.54, 1.807) is 28.4 Å². The van der Waals surface area contributed by atoms with Crippen LogP contribution < -0.4 is 29.6 Å². The summed E-state index contributed by atoms with van der Waals surface area (Å²) in [5.74, 6) is 3.81. The lowest BCUT2D eigenvalue weighted by Crippen LogP contribution is -2.42. The van der Waals surface area contributed by atoms with Gasteiger partial charge in [0.05, 0.1) is 27.9 Å². The van der Waals surface area contributed by atoms with Gasteiger partial charge in [-0.15, -0.1) is 24.0 Å². The van der Waals surface area contributed by atoms with E-state index < -0.39 is 0 Å². The minimum absolute atomic E-state index is 0. The first-order valence-corrected chi connectivity index (χ1v) is 10.1. The molecular formula is C23H34IN3O4. The molecule has 0 spiro atoms. The summed E-state index contributed by atoms with van der Waals surface area (Å²) >= 11 is 0. The largest absolute Gasteiger partial charge is 0.497 e. The molecule has 2 aromatic carbocycles. The fourth-order valence-electron chi connectivity index (χ4n) is 2.94. The number of hydrogen-bond acceptors (Lipinski definition) is 5. The number of ether oxygens (including phenoxy) is 4. The van der Waals surface area contributed by atoms with Crippen LogP contribution in [0.1, 0.15) is 18.9 Å². The first-order chi connectivity index (χ1) is 14.6. The maximum atomic E-state index is 5.93. The normalized spacial score (nSPS) is 11.7. The molecule has 0 fully saturated rings. The average Bonchev–Trinajstić information content (AvgIpc) is 2.78. The van der Waals surface area contributed by atoms with Gasteiger partial charge in [0.1, 0.15) is 17.6 Å². The van der Waals surface area contributed by atoms with Crippen LogP contribution in [0.2, 0.25) is 0 Å². The highest BCUT2D eigenvalue weighted by Gasteiger charge is 2.07. The third kappa shape index (κ3) is 9.12. The Bertz CT molecular complexity index is 817. The van der Waals surface area contributed by atoms with E-state index in [2.05, 4.69) is 21.7 Å². The zero-order chi connectivity index (χ0) is 21.8. The van der Waals surface area contributed by atoms with Gasteiger partial charge in [0, 0.05) is 19.7 Å². The third-order valence-corrected chi connectivity index (χ3v) is 4.54. The van der Waals surface area contributed by atoms with Crippen molar-refractivity contribution in [3.05, 3.63) is 48.0 Å². The average molecular weight is 543 g/mol. The van der Waals surface area contributed by atoms with E-state index in [9.17, 15) is 0 Å². The molecule has 7 nitrogen and oxygen atoms in total. The van der Waals surface area contributed by atoms with Crippen molar-refractivity contribution in [1.82, 2.24) is 10.6 Å². The van der Waals surface area contributed by atoms with Crippen LogP contribution >= 0.6 is 24.0 Å². The molecule has 0 saturated carbocycles. The molecule has 0 radical (unpaired) electrons. The number of nitrogens with zero attached hydrogens (tertiary/aromatic N) is 1. The predicted octanol–water partition coefficient (Wildman–Crippen LogP) is 3.90. The number of aliphatic imine (C=N–C) groups is 1. The maximum absolute atomic E-state index is 5.93. The molecule has 0 saturated heterocycles. The van der Waals surface area contributed by atoms with Crippen LogP contribution in [0.3, 0.4) is 0 Å². The van der Waals surface area contributed by atoms with Crippen LogP contribution in [0.5, 0.6) is 23.0 Å². The quantitative estimate of drug-likeness (QED) is 0.194. The summed E-state index contributed by atoms with van der Waals surface area (Å²) < 4.78 is 21.8. The number of rotatable bonds is 11. The molecule has 0 heterocycles. The van der Waals surface area contributed by atoms with E-state index in [0.29, 0.717) is 6.54 Å². The molecule has 0 aromatic heterocycles. The summed E-state index contributed by atoms with van der Waals surface area (Å²) in [4.78, 5) is 4.27. The summed E-state index contributed by atoms with van der Waals surface area (Å²) in [7, 11) is 6.70. The first-order valence-electron chi connectivity index (χ1n) is 10.1. The van der Waals surface area contributed by atoms with Crippen molar-refractivity contribution in [2.75, 3.05) is 41.5 Å². The van der Waals surface area contributed by atoms with E-state index in [4.69, 9.17) is 18.9 Å². The summed E-state index contributed by atoms with van der Waals surface area (Å²) in [6, 6.07) is 13.6. The van der Waals surface area contributed by atoms with Gasteiger partial charge in [-0.05, 0) is 49.6 Å². The van der Waals surface area contributed by atoms with Gasteiger partial charge in [0.2, 0.25) is 0 Å². The molecule has 2 N–H and O–H groups in total. The molecule has 1 atom stereocenters. The topological polar surface area (TPSA) is 73.3 Å². The third-order valence-electron chi connectivity index (χ3n) is 4.54. The SMILES string of the molecule is CN=C(NCCCc1ccc(OC)c(OC)c1)NCC(C)Oc1cccc(OC)c1.I. The van der Waals surface area contributed by atoms with Crippen molar-refractivity contribution in [1.29, 1.82) is 0 Å². The van der Waals surface area contributed by atoms with Crippen LogP contribution in [0, 0.1) is 0 Å². The molecule has 0 aliphatic carbocycles. The molecule has 2 rings (SSSR count). The Balaban J connectivity index is 0.00000480. The van der Waals surface area contributed by atoms with Gasteiger partial charge in [0.25, 0.3) is 0 Å². The smallest absolute Gasteiger partial charge is 0.191 e. The number of halogens is 1. The standard InChI is InChI=1S/C23H33N3O4.HI/c1-17(30-20-10-6-9-19(15-20)27-3)16-26-23(24-2)25-13-7-8-18-11-12-21(28-4)22(14-18)29-5;/h6,9-12,14-15,17H,7-8,13,16H2,1-5H3,(H2,24,25,26);1H. The highest BCUT2D eigenvalue weighted by molar-refractivity contribution is 14.0. The van der Waals surface area contributed by atoms with Crippen molar-refractivity contribution in [3.63, 3.8) is 0 Å². The number of benzene rings is 2. The maximum Gasteiger partial charge on any atom is 0.191 e. The van der Waals surface area contributed by atoms with E-state index in [1.165, 1.54) is 5.56 Å². The second-order valence-electron chi connectivity index (χ2n) is 6.78. The highest BCUT2D eigenvalue weighted by Crippen LogP contribution is 2.27. The van der Waals surface area contributed by atoms with Crippen LogP contribution in [0.15, 0.2) is 47.5 Å². The van der Waals surface area contributed by atoms with Crippen molar-refractivity contribution in [2.24, 2.45) is 4.99 Å². The Hall–Kier alpha value is -2.36. The van der Waals surface area contributed by atoms with Gasteiger partial charge in [-0.3, -0.25) is 4.99 Å². The highest BCUT2D eigenvalue weighted by atomic mass is 127. The summed E-state index contributed by atoms with van der Waals surface area (Å²) in [5, 5.41) is 6.63. The van der Waals surface area contributed by atoms with E-state index in [1.807, 2.05) is 43.3 Å². The van der Waals surface area contributed by atoms with Gasteiger partial charge in [-0.2, -0.15) is 0 Å². The molecule has 0 aliphatic heterocycles. The van der Waals surface area contributed by atoms with Gasteiger partial charge in [-0.1, -0.05) is 12.1 Å². The van der Waals surface area contributed by atoms with E-state index in [0.717, 1.165) is 48.3 Å². The monoisotopic (exact) mass is 543 g/mol. The Labute approximate surface area is 202 Å². The van der Waals surface area contributed by atoms with Gasteiger partial charge < -0.3 is 29.6 Å². The molecule has 8 heteroatoms. The minimum Gasteiger partial charge on any atom is -0.497 e. The summed E-state index contributed by atoms with van der Waals surface area (Å²) in [5.41, 5.74) is 1.21. The second-order valence-corrected chi connectivity index (χ2v) is 6.78. The Morgan fingerprint density at radius 3 is 2.35 bits per heavy atom. The fraction of sp³-hybridized carbons (Fsp3) is 0.435. The van der Waals surface area contributed by atoms with Crippen molar-refractivity contribution in [3.8, 4) is 23.0 Å². The van der Waals surface area contributed by atoms with Gasteiger partial charge >= 0.3 is 0 Å². The van der Waals surface area contributed by atoms with Crippen LogP contribution in [-0.4, -0.2) is 53.5 Å². The Kier molecular flexibility index (Phi) is 12.6. The zero-order valence-electron chi connectivity index (χ0n) is 18.9. The van der Waals surface area contributed by atoms with Crippen molar-refractivity contribution >= 4 is 29.9 Å². The lowest BCUT2D eigenvalue weighted by molar-refractivity contribution is 0.223. The molecule has 2 aromatic rings. The Morgan fingerprint density at radius 1 is 0.935 bits per heavy atom. The molecule has 0 aliphatic rings. The van der Waals surface area contributed by atoms with Crippen molar-refractivity contribution in [2.45, 2.75) is 25.9 Å². The lowest BCUT2D eigenvalue weighted by Gasteiger charge is -2.18. The van der Waals surface area contributed by atoms with Crippen LogP contribution in [-0.2, 0) is 6.42 Å². The number of guanidine groups is 1. The molecule has 0 bridgehead atoms. The minimum atomic E-state index is -0.0255. The van der Waals surface area contributed by atoms with Gasteiger partial charge in [0.15, 0.2) is 17.5 Å². The van der Waals surface area contributed by atoms with Crippen LogP contribution in [0.4, 0.5) is 0 Å². The van der Waals surface area contributed by atoms with Crippen molar-refractivity contribution < 1.29 is 18.9 Å². The number of nitrogens with one attached hydrogen (secondary N) is 2. The second kappa shape index (κ2) is 14.6. The molecule has 1 unspecified atom stereocenters. The number of methoxy groups -OCH3 is 3. The fourth-order valence-corrected chi connectivity index (χ4v) is 2.94. The molecule has 31 heavy (non-hydrogen) atoms. The lowest BCUT2D eigenvalue weighted by atomic mass is 10.1. The van der Waals surface area contributed by atoms with Crippen LogP contribution in [0.25, 0.3) is 0 Å². The predicted molar refractivity (Wildman–Crippen MR) is 136 cm³/mol. The summed E-state index contributed by atoms with van der Waals surface area (Å²) in [6.07, 6.45) is 1.87. The van der Waals surface area contributed by atoms with E-state index in [-0.39, 0.29) is 30.1 Å². The number of aryl methyl sites for hydroxylation is 1. The summed E-state index contributed by atoms with van der Waals surface area (Å²) in [6.45, 7) is 3.45. The molecular weight excluding hydrogens is 509 g/mol. The number of hydrogen-bond donors (Lipinski definition) is 2. The first kappa shape index (κ1) is 26.7. The molecule has 0 amide bonds. The molecule has 172 valence electrons. The van der Waals surface area contributed by atoms with E-state index >= 15 is 0 Å². The van der Waals surface area contributed by atoms with Gasteiger partial charge in [-0.25, -0.2) is 0 Å². The zero-order valence-corrected chi connectivity index (χ0v) is 21.3. The Morgan fingerprint density at radius 2 is 1.68 bits per heavy atom.